The molecule has 1 aliphatic heterocycles. The van der Waals surface area contributed by atoms with E-state index in [9.17, 15) is 14.4 Å². The smallest absolute Gasteiger partial charge is 0.327 e. The van der Waals surface area contributed by atoms with Crippen molar-refractivity contribution in [3.8, 4) is 0 Å². The van der Waals surface area contributed by atoms with E-state index >= 15 is 0 Å². The summed E-state index contributed by atoms with van der Waals surface area (Å²) in [6.45, 7) is 1.93. The number of benzene rings is 1. The number of carboxylic acid groups (broad SMARTS) is 1. The Hall–Kier alpha value is -1.47. The lowest BCUT2D eigenvalue weighted by Gasteiger charge is -2.23. The van der Waals surface area contributed by atoms with Crippen LogP contribution in [0.15, 0.2) is 24.3 Å². The maximum absolute atomic E-state index is 12.3. The van der Waals surface area contributed by atoms with Gasteiger partial charge in [0.1, 0.15) is 6.04 Å². The van der Waals surface area contributed by atoms with Gasteiger partial charge in [0.05, 0.1) is 11.1 Å². The molecule has 0 unspecified atom stereocenters. The van der Waals surface area contributed by atoms with Crippen LogP contribution in [-0.2, 0) is 9.59 Å². The van der Waals surface area contributed by atoms with Crippen LogP contribution < -0.4 is 0 Å². The van der Waals surface area contributed by atoms with Gasteiger partial charge in [0.25, 0.3) is 0 Å². The average molecular weight is 339 g/mol. The van der Waals surface area contributed by atoms with Crippen molar-refractivity contribution in [2.24, 2.45) is 0 Å². The quantitative estimate of drug-likeness (QED) is 0.633. The van der Waals surface area contributed by atoms with Crippen LogP contribution in [0.25, 0.3) is 0 Å². The minimum absolute atomic E-state index is 0.0431. The molecule has 0 bridgehead atoms. The second-order valence-corrected chi connectivity index (χ2v) is 6.79. The van der Waals surface area contributed by atoms with Gasteiger partial charge < -0.3 is 10.0 Å². The summed E-state index contributed by atoms with van der Waals surface area (Å²) >= 11 is 5.59. The molecule has 2 rings (SSSR count). The van der Waals surface area contributed by atoms with E-state index in [1.807, 2.05) is 19.1 Å². The van der Waals surface area contributed by atoms with Gasteiger partial charge in [0, 0.05) is 17.7 Å². The molecule has 1 fully saturated rings. The second kappa shape index (κ2) is 7.19. The van der Waals surface area contributed by atoms with Gasteiger partial charge in [-0.3, -0.25) is 9.59 Å². The first kappa shape index (κ1) is 16.9. The third-order valence-electron chi connectivity index (χ3n) is 3.49. The first-order valence-corrected chi connectivity index (χ1v) is 8.46. The number of carbonyl (C=O) groups excluding carboxylic acids is 2. The molecule has 5 nitrogen and oxygen atoms in total. The summed E-state index contributed by atoms with van der Waals surface area (Å²) in [5.41, 5.74) is 1.58. The standard InChI is InChI=1S/C15H17NO4S2/c1-9-2-4-10(5-3-9)12(17)6-13(21)14(18)16-8-22-7-11(16)15(19)20/h2-5,11,13,21H,6-8H2,1H3,(H,19,20)/t11-,13-/m0/s1. The van der Waals surface area contributed by atoms with Gasteiger partial charge in [-0.15, -0.1) is 11.8 Å². The monoisotopic (exact) mass is 339 g/mol. The topological polar surface area (TPSA) is 74.7 Å². The summed E-state index contributed by atoms with van der Waals surface area (Å²) in [6, 6.07) is 6.27. The lowest BCUT2D eigenvalue weighted by atomic mass is 10.0. The molecule has 1 heterocycles. The highest BCUT2D eigenvalue weighted by Gasteiger charge is 2.37. The molecular formula is C15H17NO4S2. The molecule has 22 heavy (non-hydrogen) atoms. The van der Waals surface area contributed by atoms with Crippen LogP contribution in [-0.4, -0.2) is 50.6 Å². The highest BCUT2D eigenvalue weighted by molar-refractivity contribution is 7.99. The fourth-order valence-electron chi connectivity index (χ4n) is 2.18. The number of Topliss-reactive ketones (excluding diaryl/α,β-unsaturated/α-hetero) is 1. The Morgan fingerprint density at radius 3 is 2.59 bits per heavy atom. The number of carboxylic acids is 1. The summed E-state index contributed by atoms with van der Waals surface area (Å²) in [7, 11) is 0. The fourth-order valence-corrected chi connectivity index (χ4v) is 3.65. The van der Waals surface area contributed by atoms with E-state index < -0.39 is 23.2 Å². The minimum Gasteiger partial charge on any atom is -0.480 e. The predicted molar refractivity (Wildman–Crippen MR) is 88.5 cm³/mol. The fraction of sp³-hybridized carbons (Fsp3) is 0.400. The molecule has 118 valence electrons. The second-order valence-electron chi connectivity index (χ2n) is 5.17. The third-order valence-corrected chi connectivity index (χ3v) is 4.90. The Balaban J connectivity index is 2.00. The van der Waals surface area contributed by atoms with Crippen LogP contribution in [0, 0.1) is 6.92 Å². The van der Waals surface area contributed by atoms with Gasteiger partial charge >= 0.3 is 5.97 Å². The molecule has 2 atom stereocenters. The highest BCUT2D eigenvalue weighted by atomic mass is 32.2. The van der Waals surface area contributed by atoms with Crippen molar-refractivity contribution in [2.45, 2.75) is 24.6 Å². The summed E-state index contributed by atoms with van der Waals surface area (Å²) in [4.78, 5) is 36.9. The number of thiol groups is 1. The average Bonchev–Trinajstić information content (AvgIpc) is 2.96. The van der Waals surface area contributed by atoms with E-state index in [0.29, 0.717) is 17.2 Å². The molecule has 1 aromatic rings. The number of rotatable bonds is 5. The maximum atomic E-state index is 12.3. The van der Waals surface area contributed by atoms with E-state index in [1.165, 1.54) is 16.7 Å². The number of thioether (sulfide) groups is 1. The van der Waals surface area contributed by atoms with Crippen molar-refractivity contribution in [3.05, 3.63) is 35.4 Å². The van der Waals surface area contributed by atoms with Gasteiger partial charge in [0.15, 0.2) is 5.78 Å². The molecule has 1 aromatic carbocycles. The lowest BCUT2D eigenvalue weighted by Crippen LogP contribution is -2.45. The molecule has 0 radical (unpaired) electrons. The Kier molecular flexibility index (Phi) is 5.52. The van der Waals surface area contributed by atoms with Gasteiger partial charge in [-0.1, -0.05) is 29.8 Å². The van der Waals surface area contributed by atoms with Gasteiger partial charge in [0.2, 0.25) is 5.91 Å². The van der Waals surface area contributed by atoms with E-state index in [1.54, 1.807) is 12.1 Å². The van der Waals surface area contributed by atoms with Crippen molar-refractivity contribution in [3.63, 3.8) is 0 Å². The van der Waals surface area contributed by atoms with Crippen LogP contribution >= 0.6 is 24.4 Å². The van der Waals surface area contributed by atoms with Crippen molar-refractivity contribution in [2.75, 3.05) is 11.6 Å². The van der Waals surface area contributed by atoms with Crippen molar-refractivity contribution in [1.29, 1.82) is 0 Å². The number of ketones is 1. The molecule has 1 saturated heterocycles. The van der Waals surface area contributed by atoms with Gasteiger partial charge in [-0.05, 0) is 6.92 Å². The summed E-state index contributed by atoms with van der Waals surface area (Å²) in [6.07, 6.45) is -0.0431. The summed E-state index contributed by atoms with van der Waals surface area (Å²) in [5, 5.41) is 8.28. The Morgan fingerprint density at radius 1 is 1.36 bits per heavy atom. The number of amides is 1. The van der Waals surface area contributed by atoms with E-state index in [4.69, 9.17) is 5.11 Å². The Bertz CT molecular complexity index is 588. The largest absolute Gasteiger partial charge is 0.480 e. The van der Waals surface area contributed by atoms with Crippen LogP contribution in [0.5, 0.6) is 0 Å². The Labute approximate surface area is 138 Å². The predicted octanol–water partition coefficient (Wildman–Crippen LogP) is 1.85. The zero-order chi connectivity index (χ0) is 16.3. The molecular weight excluding hydrogens is 322 g/mol. The van der Waals surface area contributed by atoms with Crippen LogP contribution in [0.4, 0.5) is 0 Å². The summed E-state index contributed by atoms with van der Waals surface area (Å²) < 4.78 is 0. The van der Waals surface area contributed by atoms with Crippen LogP contribution in [0.2, 0.25) is 0 Å². The maximum Gasteiger partial charge on any atom is 0.327 e. The first-order valence-electron chi connectivity index (χ1n) is 6.79. The molecule has 0 aromatic heterocycles. The van der Waals surface area contributed by atoms with Crippen LogP contribution in [0.3, 0.4) is 0 Å². The van der Waals surface area contributed by atoms with Crippen molar-refractivity contribution in [1.82, 2.24) is 4.90 Å². The first-order chi connectivity index (χ1) is 10.4. The van der Waals surface area contributed by atoms with Crippen LogP contribution in [0.1, 0.15) is 22.3 Å². The normalized spacial score (nSPS) is 19.0. The van der Waals surface area contributed by atoms with Gasteiger partial charge in [-0.2, -0.15) is 12.6 Å². The number of hydrogen-bond donors (Lipinski definition) is 2. The van der Waals surface area contributed by atoms with E-state index in [-0.39, 0.29) is 12.2 Å². The number of nitrogens with zero attached hydrogens (tertiary/aromatic N) is 1. The number of aliphatic carboxylic acids is 1. The molecule has 7 heteroatoms. The number of aryl methyl sites for hydroxylation is 1. The number of hydrogen-bond acceptors (Lipinski definition) is 5. The molecule has 1 N–H and O–H groups in total. The van der Waals surface area contributed by atoms with E-state index in [0.717, 1.165) is 5.56 Å². The van der Waals surface area contributed by atoms with Crippen molar-refractivity contribution >= 4 is 42.1 Å². The zero-order valence-corrected chi connectivity index (χ0v) is 13.8. The molecule has 0 aliphatic carbocycles. The van der Waals surface area contributed by atoms with E-state index in [2.05, 4.69) is 12.6 Å². The molecule has 1 amide bonds. The third kappa shape index (κ3) is 3.84. The molecule has 1 aliphatic rings. The lowest BCUT2D eigenvalue weighted by molar-refractivity contribution is -0.147. The molecule has 0 spiro atoms. The summed E-state index contributed by atoms with van der Waals surface area (Å²) in [5.74, 6) is -0.906. The zero-order valence-electron chi connectivity index (χ0n) is 12.1. The SMILES string of the molecule is Cc1ccc(C(=O)C[C@H](S)C(=O)N2CSC[C@H]2C(=O)O)cc1. The number of carbonyl (C=O) groups is 3. The molecule has 0 saturated carbocycles. The van der Waals surface area contributed by atoms with Crippen molar-refractivity contribution < 1.29 is 19.5 Å². The minimum atomic E-state index is -1.02. The highest BCUT2D eigenvalue weighted by Crippen LogP contribution is 2.24. The Morgan fingerprint density at radius 2 is 2.00 bits per heavy atom. The van der Waals surface area contributed by atoms with Gasteiger partial charge in [-0.25, -0.2) is 4.79 Å².